The van der Waals surface area contributed by atoms with Crippen LogP contribution in [0, 0.1) is 21.4 Å². The van der Waals surface area contributed by atoms with Crippen LogP contribution in [-0.4, -0.2) is 28.7 Å². The highest BCUT2D eigenvalue weighted by Gasteiger charge is 2.32. The molecule has 152 valence electrons. The second-order valence-corrected chi connectivity index (χ2v) is 6.33. The van der Waals surface area contributed by atoms with Crippen LogP contribution >= 0.6 is 0 Å². The van der Waals surface area contributed by atoms with Crippen LogP contribution in [0.4, 0.5) is 5.69 Å². The van der Waals surface area contributed by atoms with Gasteiger partial charge in [0.05, 0.1) is 17.2 Å². The van der Waals surface area contributed by atoms with Crippen LogP contribution in [0.1, 0.15) is 12.5 Å². The molecule has 2 aromatic carbocycles. The van der Waals surface area contributed by atoms with E-state index in [-0.39, 0.29) is 36.9 Å². The first kappa shape index (κ1) is 20.8. The van der Waals surface area contributed by atoms with Gasteiger partial charge >= 0.3 is 11.7 Å². The average molecular weight is 405 g/mol. The maximum absolute atomic E-state index is 12.0. The predicted molar refractivity (Wildman–Crippen MR) is 109 cm³/mol. The number of hydrogen-bond donors (Lipinski definition) is 0. The van der Waals surface area contributed by atoms with Gasteiger partial charge in [0.1, 0.15) is 25.1 Å². The maximum atomic E-state index is 12.0. The van der Waals surface area contributed by atoms with E-state index in [4.69, 9.17) is 9.47 Å². The summed E-state index contributed by atoms with van der Waals surface area (Å²) in [6.45, 7) is 1.41. The molecule has 0 unspecified atom stereocenters. The largest absolute Gasteiger partial charge is 0.463 e. The van der Waals surface area contributed by atoms with Crippen molar-refractivity contribution in [3.05, 3.63) is 76.3 Å². The van der Waals surface area contributed by atoms with Gasteiger partial charge in [0.25, 0.3) is 0 Å². The van der Waals surface area contributed by atoms with E-state index in [0.717, 1.165) is 0 Å². The summed E-state index contributed by atoms with van der Waals surface area (Å²) in [4.78, 5) is 22.3. The number of carbonyl (C=O) groups excluding carboxylic acids is 1. The van der Waals surface area contributed by atoms with Crippen molar-refractivity contribution in [1.82, 2.24) is 4.57 Å². The minimum absolute atomic E-state index is 0.0337. The molecule has 0 saturated carbocycles. The second kappa shape index (κ2) is 9.49. The lowest BCUT2D eigenvalue weighted by molar-refractivity contribution is -0.384. The minimum Gasteiger partial charge on any atom is -0.463 e. The van der Waals surface area contributed by atoms with Crippen LogP contribution in [0.2, 0.25) is 0 Å². The Labute approximate surface area is 173 Å². The van der Waals surface area contributed by atoms with Crippen molar-refractivity contribution in [2.24, 2.45) is 0 Å². The Balaban J connectivity index is 2.16. The monoisotopic (exact) mass is 405 g/mol. The molecule has 0 radical (unpaired) electrons. The van der Waals surface area contributed by atoms with Gasteiger partial charge in [-0.1, -0.05) is 60.7 Å². The number of nitrogens with zero attached hydrogens (tertiary/aromatic N) is 3. The fourth-order valence-electron chi connectivity index (χ4n) is 3.20. The number of carbonyl (C=O) groups is 1. The SMILES string of the molecule is CC(=O)OCCOCn1c(-c2ccccc2)c(C#N)c([N+](=O)[O-])c1-c1ccccc1. The summed E-state index contributed by atoms with van der Waals surface area (Å²) in [5, 5.41) is 21.8. The van der Waals surface area contributed by atoms with Crippen LogP contribution in [0.25, 0.3) is 22.5 Å². The molecule has 0 bridgehead atoms. The molecule has 8 heteroatoms. The second-order valence-electron chi connectivity index (χ2n) is 6.33. The van der Waals surface area contributed by atoms with E-state index in [9.17, 15) is 20.2 Å². The number of aromatic nitrogens is 1. The minimum atomic E-state index is -0.539. The number of hydrogen-bond acceptors (Lipinski definition) is 6. The molecule has 0 fully saturated rings. The number of nitro groups is 1. The van der Waals surface area contributed by atoms with Crippen LogP contribution < -0.4 is 0 Å². The van der Waals surface area contributed by atoms with Crippen LogP contribution in [0.5, 0.6) is 0 Å². The van der Waals surface area contributed by atoms with Gasteiger partial charge in [-0.3, -0.25) is 14.9 Å². The Morgan fingerprint density at radius 1 is 1.03 bits per heavy atom. The Morgan fingerprint density at radius 3 is 2.10 bits per heavy atom. The number of rotatable bonds is 8. The standard InChI is InChI=1S/C22H19N3O5/c1-16(26)30-13-12-29-15-24-20(17-8-4-2-5-9-17)19(14-23)22(25(27)28)21(24)18-10-6-3-7-11-18/h2-11H,12-13,15H2,1H3. The van der Waals surface area contributed by atoms with Crippen molar-refractivity contribution in [3.63, 3.8) is 0 Å². The lowest BCUT2D eigenvalue weighted by Crippen LogP contribution is -2.12. The summed E-state index contributed by atoms with van der Waals surface area (Å²) in [5.41, 5.74) is 1.62. The van der Waals surface area contributed by atoms with E-state index < -0.39 is 10.9 Å². The van der Waals surface area contributed by atoms with Crippen molar-refractivity contribution in [3.8, 4) is 28.6 Å². The van der Waals surface area contributed by atoms with Crippen LogP contribution in [0.3, 0.4) is 0 Å². The van der Waals surface area contributed by atoms with Gasteiger partial charge in [-0.05, 0) is 5.56 Å². The van der Waals surface area contributed by atoms with Crippen molar-refractivity contribution in [2.75, 3.05) is 13.2 Å². The van der Waals surface area contributed by atoms with Gasteiger partial charge in [0.2, 0.25) is 0 Å². The molecule has 1 aromatic heterocycles. The summed E-state index contributed by atoms with van der Waals surface area (Å²) >= 11 is 0. The first-order chi connectivity index (χ1) is 14.5. The summed E-state index contributed by atoms with van der Waals surface area (Å²) in [6.07, 6.45) is 0. The Hall–Kier alpha value is -3.96. The van der Waals surface area contributed by atoms with Crippen LogP contribution in [0.15, 0.2) is 60.7 Å². The first-order valence-corrected chi connectivity index (χ1v) is 9.17. The normalized spacial score (nSPS) is 10.4. The van der Waals surface area contributed by atoms with Crippen molar-refractivity contribution in [1.29, 1.82) is 5.26 Å². The Bertz CT molecular complexity index is 1090. The molecular weight excluding hydrogens is 386 g/mol. The third kappa shape index (κ3) is 4.37. The zero-order chi connectivity index (χ0) is 21.5. The molecule has 0 atom stereocenters. The molecule has 0 aliphatic rings. The molecule has 0 amide bonds. The Kier molecular flexibility index (Phi) is 6.57. The summed E-state index contributed by atoms with van der Waals surface area (Å²) in [5.74, 6) is -0.420. The summed E-state index contributed by atoms with van der Waals surface area (Å²) < 4.78 is 12.1. The van der Waals surface area contributed by atoms with E-state index in [0.29, 0.717) is 16.8 Å². The smallest absolute Gasteiger partial charge is 0.313 e. The number of nitriles is 1. The van der Waals surface area contributed by atoms with E-state index in [1.165, 1.54) is 6.92 Å². The molecule has 1 heterocycles. The lowest BCUT2D eigenvalue weighted by atomic mass is 10.1. The van der Waals surface area contributed by atoms with Gasteiger partial charge in [-0.15, -0.1) is 0 Å². The third-order valence-corrected chi connectivity index (χ3v) is 4.38. The molecule has 30 heavy (non-hydrogen) atoms. The first-order valence-electron chi connectivity index (χ1n) is 9.17. The van der Waals surface area contributed by atoms with Crippen molar-refractivity contribution < 1.29 is 19.2 Å². The van der Waals surface area contributed by atoms with Gasteiger partial charge in [-0.25, -0.2) is 0 Å². The van der Waals surface area contributed by atoms with Crippen LogP contribution in [-0.2, 0) is 21.0 Å². The summed E-state index contributed by atoms with van der Waals surface area (Å²) in [7, 11) is 0. The number of ether oxygens (including phenoxy) is 2. The van der Waals surface area contributed by atoms with Gasteiger partial charge in [-0.2, -0.15) is 5.26 Å². The van der Waals surface area contributed by atoms with E-state index >= 15 is 0 Å². The fourth-order valence-corrected chi connectivity index (χ4v) is 3.20. The van der Waals surface area contributed by atoms with E-state index in [2.05, 4.69) is 0 Å². The maximum Gasteiger partial charge on any atom is 0.313 e. The highest BCUT2D eigenvalue weighted by molar-refractivity contribution is 5.85. The molecule has 3 rings (SSSR count). The quantitative estimate of drug-likeness (QED) is 0.241. The van der Waals surface area contributed by atoms with Crippen molar-refractivity contribution in [2.45, 2.75) is 13.7 Å². The van der Waals surface area contributed by atoms with E-state index in [1.807, 2.05) is 18.2 Å². The molecule has 0 spiro atoms. The predicted octanol–water partition coefficient (Wildman–Crippen LogP) is 4.14. The molecule has 0 aliphatic carbocycles. The Morgan fingerprint density at radius 2 is 1.60 bits per heavy atom. The molecular formula is C22H19N3O5. The molecule has 0 N–H and O–H groups in total. The highest BCUT2D eigenvalue weighted by Crippen LogP contribution is 2.42. The van der Waals surface area contributed by atoms with Gasteiger partial charge in [0, 0.05) is 12.5 Å². The van der Waals surface area contributed by atoms with Crippen molar-refractivity contribution >= 4 is 11.7 Å². The number of benzene rings is 2. The molecule has 3 aromatic rings. The van der Waals surface area contributed by atoms with Gasteiger partial charge < -0.3 is 14.0 Å². The lowest BCUT2D eigenvalue weighted by Gasteiger charge is -2.14. The number of esters is 1. The molecule has 8 nitrogen and oxygen atoms in total. The topological polar surface area (TPSA) is 107 Å². The summed E-state index contributed by atoms with van der Waals surface area (Å²) in [6, 6.07) is 19.8. The van der Waals surface area contributed by atoms with Gasteiger partial charge in [0.15, 0.2) is 5.56 Å². The average Bonchev–Trinajstić information content (AvgIpc) is 3.09. The molecule has 0 aliphatic heterocycles. The highest BCUT2D eigenvalue weighted by atomic mass is 16.6. The zero-order valence-corrected chi connectivity index (χ0v) is 16.3. The molecule has 0 saturated heterocycles. The third-order valence-electron chi connectivity index (χ3n) is 4.38. The zero-order valence-electron chi connectivity index (χ0n) is 16.3. The van der Waals surface area contributed by atoms with E-state index in [1.54, 1.807) is 53.1 Å². The fraction of sp³-hybridized carbons (Fsp3) is 0.182.